The molecule has 164 valence electrons. The van der Waals surface area contributed by atoms with Crippen molar-refractivity contribution >= 4 is 69.2 Å². The summed E-state index contributed by atoms with van der Waals surface area (Å²) in [6.07, 6.45) is 0. The molecule has 0 spiro atoms. The van der Waals surface area contributed by atoms with E-state index in [0.717, 1.165) is 0 Å². The Kier molecular flexibility index (Phi) is 13.3. The molecule has 0 aliphatic rings. The first-order valence-corrected chi connectivity index (χ1v) is 9.84. The Hall–Kier alpha value is -0.811. The summed E-state index contributed by atoms with van der Waals surface area (Å²) < 4.78 is 0. The van der Waals surface area contributed by atoms with Crippen molar-refractivity contribution in [1.82, 2.24) is 4.98 Å². The van der Waals surface area contributed by atoms with E-state index in [2.05, 4.69) is 15.0 Å². The Balaban J connectivity index is 0.00000300. The molecular formula is C21H15Cl6FeN3. The summed E-state index contributed by atoms with van der Waals surface area (Å²) in [6.45, 7) is 3.70. The number of aliphatic imine (C=N–C) groups is 2. The number of hydrogen-bond donors (Lipinski definition) is 0. The van der Waals surface area contributed by atoms with Crippen LogP contribution < -0.4 is 24.8 Å². The van der Waals surface area contributed by atoms with Crippen LogP contribution in [0.4, 0.5) is 11.4 Å². The van der Waals surface area contributed by atoms with Crippen molar-refractivity contribution in [3.05, 3.63) is 86.1 Å². The average molecular weight is 578 g/mol. The van der Waals surface area contributed by atoms with E-state index in [-0.39, 0.29) is 41.9 Å². The second-order valence-corrected chi connectivity index (χ2v) is 7.57. The zero-order valence-electron chi connectivity index (χ0n) is 16.2. The van der Waals surface area contributed by atoms with E-state index < -0.39 is 0 Å². The average Bonchev–Trinajstić information content (AvgIpc) is 2.67. The zero-order valence-corrected chi connectivity index (χ0v) is 21.8. The van der Waals surface area contributed by atoms with E-state index in [1.165, 1.54) is 0 Å². The van der Waals surface area contributed by atoms with E-state index in [9.17, 15) is 0 Å². The molecule has 0 radical (unpaired) electrons. The third-order valence-electron chi connectivity index (χ3n) is 3.92. The standard InChI is InChI=1S/C21H15Cl4N3.2ClH.Fe/c1-12(26-20-14(22)6-3-7-15(20)23)18-10-5-11-19(28-18)13(2)27-21-16(24)8-4-9-17(21)25;;;/h3-11H,1-2H3;2*1H;/q;;;+2/p-2. The van der Waals surface area contributed by atoms with Gasteiger partial charge in [0.05, 0.1) is 42.9 Å². The van der Waals surface area contributed by atoms with E-state index >= 15 is 0 Å². The van der Waals surface area contributed by atoms with Crippen LogP contribution in [0, 0.1) is 0 Å². The predicted molar refractivity (Wildman–Crippen MR) is 121 cm³/mol. The summed E-state index contributed by atoms with van der Waals surface area (Å²) in [5.74, 6) is 0. The number of aromatic nitrogens is 1. The van der Waals surface area contributed by atoms with Crippen LogP contribution in [-0.4, -0.2) is 16.4 Å². The van der Waals surface area contributed by atoms with Crippen LogP contribution in [0.3, 0.4) is 0 Å². The summed E-state index contributed by atoms with van der Waals surface area (Å²) in [4.78, 5) is 13.7. The molecule has 2 aromatic carbocycles. The van der Waals surface area contributed by atoms with Crippen LogP contribution in [0.15, 0.2) is 64.6 Å². The van der Waals surface area contributed by atoms with Crippen LogP contribution in [0.2, 0.25) is 20.1 Å². The number of hydrogen-bond acceptors (Lipinski definition) is 3. The first-order valence-electron chi connectivity index (χ1n) is 8.33. The molecule has 0 bridgehead atoms. The van der Waals surface area contributed by atoms with Crippen molar-refractivity contribution < 1.29 is 41.9 Å². The summed E-state index contributed by atoms with van der Waals surface area (Å²) in [5.41, 5.74) is 3.77. The third kappa shape index (κ3) is 7.63. The van der Waals surface area contributed by atoms with E-state index in [0.29, 0.717) is 54.3 Å². The molecule has 3 aromatic rings. The van der Waals surface area contributed by atoms with Crippen molar-refractivity contribution in [3.8, 4) is 0 Å². The Morgan fingerprint density at radius 1 is 0.613 bits per heavy atom. The van der Waals surface area contributed by atoms with Gasteiger partial charge in [0, 0.05) is 0 Å². The monoisotopic (exact) mass is 575 g/mol. The molecule has 0 aliphatic heterocycles. The quantitative estimate of drug-likeness (QED) is 0.345. The first kappa shape index (κ1) is 30.2. The maximum absolute atomic E-state index is 6.21. The smallest absolute Gasteiger partial charge is 1.00 e. The molecule has 0 saturated heterocycles. The van der Waals surface area contributed by atoms with E-state index in [1.54, 1.807) is 36.4 Å². The number of rotatable bonds is 4. The fourth-order valence-electron chi connectivity index (χ4n) is 2.48. The van der Waals surface area contributed by atoms with Gasteiger partial charge >= 0.3 is 17.1 Å². The second kappa shape index (κ2) is 13.7. The topological polar surface area (TPSA) is 37.6 Å². The zero-order chi connectivity index (χ0) is 20.3. The molecule has 0 fully saturated rings. The van der Waals surface area contributed by atoms with Crippen molar-refractivity contribution in [3.63, 3.8) is 0 Å². The normalized spacial score (nSPS) is 11.2. The summed E-state index contributed by atoms with van der Waals surface area (Å²) in [7, 11) is 0. The van der Waals surface area contributed by atoms with Crippen molar-refractivity contribution in [2.75, 3.05) is 0 Å². The predicted octanol–water partition coefficient (Wildman–Crippen LogP) is 1.98. The van der Waals surface area contributed by atoms with Crippen LogP contribution in [0.1, 0.15) is 25.2 Å². The summed E-state index contributed by atoms with van der Waals surface area (Å²) in [5, 5.41) is 1.92. The molecule has 0 saturated carbocycles. The van der Waals surface area contributed by atoms with Crippen molar-refractivity contribution in [1.29, 1.82) is 0 Å². The maximum atomic E-state index is 6.21. The molecule has 0 unspecified atom stereocenters. The summed E-state index contributed by atoms with van der Waals surface area (Å²) in [6, 6.07) is 16.1. The fraction of sp³-hybridized carbons (Fsp3) is 0.0952. The van der Waals surface area contributed by atoms with Gasteiger partial charge in [-0.3, -0.25) is 0 Å². The van der Waals surface area contributed by atoms with Gasteiger partial charge in [-0.15, -0.1) is 0 Å². The van der Waals surface area contributed by atoms with Crippen molar-refractivity contribution in [2.24, 2.45) is 9.98 Å². The van der Waals surface area contributed by atoms with Crippen LogP contribution in [0.25, 0.3) is 0 Å². The number of nitrogens with zero attached hydrogens (tertiary/aromatic N) is 3. The SMILES string of the molecule is CC(=Nc1c(Cl)cccc1Cl)c1cccc(C(C)=Nc2c(Cl)cccc2Cl)n1.[Cl-].[Cl-].[Fe+2]. The number of benzene rings is 2. The molecule has 0 amide bonds. The molecule has 10 heteroatoms. The van der Waals surface area contributed by atoms with Gasteiger partial charge in [0.15, 0.2) is 0 Å². The number of para-hydroxylation sites is 2. The Labute approximate surface area is 224 Å². The van der Waals surface area contributed by atoms with Gasteiger partial charge in [-0.2, -0.15) is 0 Å². The minimum Gasteiger partial charge on any atom is -1.00 e. The van der Waals surface area contributed by atoms with Gasteiger partial charge in [-0.25, -0.2) is 15.0 Å². The van der Waals surface area contributed by atoms with Gasteiger partial charge in [0.25, 0.3) is 0 Å². The number of pyridine rings is 1. The van der Waals surface area contributed by atoms with Crippen LogP contribution in [0.5, 0.6) is 0 Å². The Bertz CT molecular complexity index is 979. The van der Waals surface area contributed by atoms with Gasteiger partial charge in [0.1, 0.15) is 11.4 Å². The summed E-state index contributed by atoms with van der Waals surface area (Å²) >= 11 is 24.8. The van der Waals surface area contributed by atoms with E-state index in [1.807, 2.05) is 32.0 Å². The molecule has 1 aromatic heterocycles. The van der Waals surface area contributed by atoms with Crippen LogP contribution >= 0.6 is 46.4 Å². The molecule has 3 nitrogen and oxygen atoms in total. The molecular weight excluding hydrogens is 563 g/mol. The first-order chi connectivity index (χ1) is 13.4. The van der Waals surface area contributed by atoms with Gasteiger partial charge in [-0.1, -0.05) is 64.6 Å². The Morgan fingerprint density at radius 3 is 1.23 bits per heavy atom. The molecule has 31 heavy (non-hydrogen) atoms. The minimum atomic E-state index is 0. The van der Waals surface area contributed by atoms with Gasteiger partial charge in [-0.05, 0) is 50.2 Å². The van der Waals surface area contributed by atoms with Gasteiger partial charge in [0.2, 0.25) is 0 Å². The molecule has 0 N–H and O–H groups in total. The van der Waals surface area contributed by atoms with E-state index in [4.69, 9.17) is 46.4 Å². The maximum Gasteiger partial charge on any atom is 2.00 e. The molecule has 0 aliphatic carbocycles. The van der Waals surface area contributed by atoms with Crippen molar-refractivity contribution in [2.45, 2.75) is 13.8 Å². The molecule has 3 rings (SSSR count). The minimum absolute atomic E-state index is 0. The van der Waals surface area contributed by atoms with Crippen LogP contribution in [-0.2, 0) is 17.1 Å². The molecule has 1 heterocycles. The third-order valence-corrected chi connectivity index (χ3v) is 5.14. The fourth-order valence-corrected chi connectivity index (χ4v) is 3.44. The van der Waals surface area contributed by atoms with Gasteiger partial charge < -0.3 is 24.8 Å². The largest absolute Gasteiger partial charge is 2.00 e. The number of halogens is 6. The molecule has 0 atom stereocenters. The second-order valence-electron chi connectivity index (χ2n) is 5.94. The Morgan fingerprint density at radius 2 is 0.903 bits per heavy atom.